The fraction of sp³-hybridized carbons (Fsp3) is 0.462. The zero-order valence-corrected chi connectivity index (χ0v) is 12.1. The number of carbonyl (C=O) groups is 1. The van der Waals surface area contributed by atoms with Gasteiger partial charge < -0.3 is 9.84 Å². The van der Waals surface area contributed by atoms with Gasteiger partial charge >= 0.3 is 5.97 Å². The van der Waals surface area contributed by atoms with E-state index in [0.29, 0.717) is 12.5 Å². The highest BCUT2D eigenvalue weighted by Crippen LogP contribution is 2.24. The lowest BCUT2D eigenvalue weighted by molar-refractivity contribution is 0.0697. The molecule has 100 valence electrons. The summed E-state index contributed by atoms with van der Waals surface area (Å²) in [4.78, 5) is 11.8. The van der Waals surface area contributed by atoms with Crippen molar-refractivity contribution in [2.45, 2.75) is 18.7 Å². The summed E-state index contributed by atoms with van der Waals surface area (Å²) in [6.07, 6.45) is 0. The first-order valence-electron chi connectivity index (χ1n) is 5.74. The van der Waals surface area contributed by atoms with Crippen molar-refractivity contribution < 1.29 is 14.6 Å². The summed E-state index contributed by atoms with van der Waals surface area (Å²) in [5, 5.41) is 9.21. The van der Waals surface area contributed by atoms with Crippen LogP contribution in [0.15, 0.2) is 23.1 Å². The van der Waals surface area contributed by atoms with Gasteiger partial charge in [0, 0.05) is 17.3 Å². The van der Waals surface area contributed by atoms with Crippen molar-refractivity contribution in [3.8, 4) is 0 Å². The Morgan fingerprint density at radius 3 is 2.83 bits per heavy atom. The van der Waals surface area contributed by atoms with Crippen molar-refractivity contribution in [3.05, 3.63) is 28.8 Å². The van der Waals surface area contributed by atoms with Gasteiger partial charge in [-0.05, 0) is 24.1 Å². The Morgan fingerprint density at radius 1 is 1.50 bits per heavy atom. The zero-order chi connectivity index (χ0) is 13.5. The number of aromatic carboxylic acids is 1. The molecular weight excluding hydrogens is 272 g/mol. The van der Waals surface area contributed by atoms with E-state index in [-0.39, 0.29) is 10.6 Å². The van der Waals surface area contributed by atoms with Gasteiger partial charge in [-0.2, -0.15) is 0 Å². The molecule has 0 spiro atoms. The van der Waals surface area contributed by atoms with Crippen molar-refractivity contribution in [1.82, 2.24) is 0 Å². The Labute approximate surface area is 116 Å². The minimum atomic E-state index is -1.00. The second kappa shape index (κ2) is 7.67. The van der Waals surface area contributed by atoms with E-state index in [1.165, 1.54) is 0 Å². The van der Waals surface area contributed by atoms with Gasteiger partial charge in [0.2, 0.25) is 0 Å². The van der Waals surface area contributed by atoms with Crippen LogP contribution in [0, 0.1) is 5.92 Å². The molecule has 0 aromatic heterocycles. The number of halogens is 1. The molecule has 1 aromatic carbocycles. The lowest BCUT2D eigenvalue weighted by atomic mass is 10.2. The van der Waals surface area contributed by atoms with E-state index in [9.17, 15) is 4.79 Å². The molecule has 0 fully saturated rings. The van der Waals surface area contributed by atoms with Crippen molar-refractivity contribution in [2.75, 3.05) is 19.0 Å². The highest BCUT2D eigenvalue weighted by molar-refractivity contribution is 7.99. The first-order chi connectivity index (χ1) is 8.50. The van der Waals surface area contributed by atoms with Gasteiger partial charge in [-0.1, -0.05) is 25.4 Å². The van der Waals surface area contributed by atoms with Crippen LogP contribution in [0.4, 0.5) is 0 Å². The molecule has 0 radical (unpaired) electrons. The molecule has 0 heterocycles. The van der Waals surface area contributed by atoms with Gasteiger partial charge in [0.05, 0.1) is 17.2 Å². The van der Waals surface area contributed by atoms with Crippen molar-refractivity contribution in [3.63, 3.8) is 0 Å². The highest BCUT2D eigenvalue weighted by Gasteiger charge is 2.09. The van der Waals surface area contributed by atoms with E-state index >= 15 is 0 Å². The van der Waals surface area contributed by atoms with Gasteiger partial charge in [-0.3, -0.25) is 0 Å². The van der Waals surface area contributed by atoms with Crippen LogP contribution >= 0.6 is 23.4 Å². The highest BCUT2D eigenvalue weighted by atomic mass is 35.5. The van der Waals surface area contributed by atoms with Gasteiger partial charge in [-0.15, -0.1) is 11.8 Å². The Balaban J connectivity index is 2.43. The molecule has 0 aliphatic heterocycles. The minimum absolute atomic E-state index is 0.143. The maximum absolute atomic E-state index is 10.9. The molecule has 3 nitrogen and oxygen atoms in total. The van der Waals surface area contributed by atoms with Crippen molar-refractivity contribution >= 4 is 29.3 Å². The van der Waals surface area contributed by atoms with E-state index in [1.54, 1.807) is 23.9 Å². The van der Waals surface area contributed by atoms with Crippen LogP contribution < -0.4 is 0 Å². The maximum atomic E-state index is 10.9. The predicted molar refractivity (Wildman–Crippen MR) is 74.8 cm³/mol. The summed E-state index contributed by atoms with van der Waals surface area (Å²) >= 11 is 7.36. The van der Waals surface area contributed by atoms with E-state index in [0.717, 1.165) is 17.3 Å². The molecule has 0 amide bonds. The zero-order valence-electron chi connectivity index (χ0n) is 10.5. The number of thioether (sulfide) groups is 1. The van der Waals surface area contributed by atoms with Gasteiger partial charge in [-0.25, -0.2) is 4.79 Å². The first kappa shape index (κ1) is 15.3. The summed E-state index contributed by atoms with van der Waals surface area (Å²) in [5.41, 5.74) is 0.143. The average molecular weight is 289 g/mol. The molecule has 1 N–H and O–H groups in total. The molecule has 5 heteroatoms. The van der Waals surface area contributed by atoms with E-state index in [4.69, 9.17) is 21.4 Å². The van der Waals surface area contributed by atoms with Gasteiger partial charge in [0.15, 0.2) is 0 Å². The van der Waals surface area contributed by atoms with Crippen molar-refractivity contribution in [1.29, 1.82) is 0 Å². The molecule has 1 rings (SSSR count). The standard InChI is InChI=1S/C13H17ClO3S/c1-9(2)8-17-5-6-18-10-3-4-12(14)11(7-10)13(15)16/h3-4,7,9H,5-6,8H2,1-2H3,(H,15,16). The quantitative estimate of drug-likeness (QED) is 0.612. The van der Waals surface area contributed by atoms with E-state index < -0.39 is 5.97 Å². The third-order valence-electron chi connectivity index (χ3n) is 2.12. The topological polar surface area (TPSA) is 46.5 Å². The first-order valence-corrected chi connectivity index (χ1v) is 7.10. The lowest BCUT2D eigenvalue weighted by Gasteiger charge is -2.07. The Morgan fingerprint density at radius 2 is 2.22 bits per heavy atom. The predicted octanol–water partition coefficient (Wildman–Crippen LogP) is 3.80. The Bertz CT molecular complexity index is 407. The van der Waals surface area contributed by atoms with Crippen LogP contribution in [0.25, 0.3) is 0 Å². The summed E-state index contributed by atoms with van der Waals surface area (Å²) in [6.45, 7) is 5.62. The largest absolute Gasteiger partial charge is 0.478 e. The van der Waals surface area contributed by atoms with Crippen LogP contribution in [0.3, 0.4) is 0 Å². The number of rotatable bonds is 7. The molecule has 0 atom stereocenters. The summed E-state index contributed by atoms with van der Waals surface area (Å²) < 4.78 is 5.45. The number of hydrogen-bond donors (Lipinski definition) is 1. The van der Waals surface area contributed by atoms with Crippen molar-refractivity contribution in [2.24, 2.45) is 5.92 Å². The van der Waals surface area contributed by atoms with E-state index in [2.05, 4.69) is 13.8 Å². The summed E-state index contributed by atoms with van der Waals surface area (Å²) in [7, 11) is 0. The second-order valence-electron chi connectivity index (χ2n) is 4.26. The molecule has 0 bridgehead atoms. The smallest absolute Gasteiger partial charge is 0.337 e. The van der Waals surface area contributed by atoms with Crippen LogP contribution in [0.2, 0.25) is 5.02 Å². The minimum Gasteiger partial charge on any atom is -0.478 e. The average Bonchev–Trinajstić information content (AvgIpc) is 2.30. The molecule has 0 unspecified atom stereocenters. The maximum Gasteiger partial charge on any atom is 0.337 e. The summed E-state index contributed by atoms with van der Waals surface area (Å²) in [5.74, 6) is 0.329. The van der Waals surface area contributed by atoms with Crippen LogP contribution in [-0.2, 0) is 4.74 Å². The number of carboxylic acids is 1. The Kier molecular flexibility index (Phi) is 6.54. The second-order valence-corrected chi connectivity index (χ2v) is 5.84. The Hall–Kier alpha value is -0.710. The summed E-state index contributed by atoms with van der Waals surface area (Å²) in [6, 6.07) is 5.03. The van der Waals surface area contributed by atoms with Crippen LogP contribution in [0.1, 0.15) is 24.2 Å². The SMILES string of the molecule is CC(C)COCCSc1ccc(Cl)c(C(=O)O)c1. The molecule has 18 heavy (non-hydrogen) atoms. The lowest BCUT2D eigenvalue weighted by Crippen LogP contribution is -2.04. The molecular formula is C13H17ClO3S. The number of ether oxygens (including phenoxy) is 1. The molecule has 1 aromatic rings. The third-order valence-corrected chi connectivity index (χ3v) is 3.40. The van der Waals surface area contributed by atoms with Crippen LogP contribution in [-0.4, -0.2) is 30.0 Å². The van der Waals surface area contributed by atoms with Gasteiger partial charge in [0.25, 0.3) is 0 Å². The number of hydrogen-bond acceptors (Lipinski definition) is 3. The van der Waals surface area contributed by atoms with Gasteiger partial charge in [0.1, 0.15) is 0 Å². The number of carboxylic acid groups (broad SMARTS) is 1. The number of benzene rings is 1. The normalized spacial score (nSPS) is 10.9. The molecule has 0 aliphatic rings. The monoisotopic (exact) mass is 288 g/mol. The fourth-order valence-electron chi connectivity index (χ4n) is 1.30. The molecule has 0 saturated heterocycles. The fourth-order valence-corrected chi connectivity index (χ4v) is 2.30. The van der Waals surface area contributed by atoms with E-state index in [1.807, 2.05) is 6.07 Å². The third kappa shape index (κ3) is 5.29. The molecule has 0 aliphatic carbocycles. The molecule has 0 saturated carbocycles. The van der Waals surface area contributed by atoms with Crippen LogP contribution in [0.5, 0.6) is 0 Å².